The monoisotopic (exact) mass is 452 g/mol. The molecule has 166 valence electrons. The van der Waals surface area contributed by atoms with E-state index < -0.39 is 5.97 Å². The van der Waals surface area contributed by atoms with Crippen LogP contribution in [0.25, 0.3) is 21.3 Å². The van der Waals surface area contributed by atoms with E-state index in [1.54, 1.807) is 37.6 Å². The van der Waals surface area contributed by atoms with Crippen LogP contribution in [0.1, 0.15) is 65.5 Å². The summed E-state index contributed by atoms with van der Waals surface area (Å²) in [6, 6.07) is 5.60. The molecule has 3 aromatic rings. The molecule has 2 aliphatic carbocycles. The number of benzene rings is 1. The summed E-state index contributed by atoms with van der Waals surface area (Å²) >= 11 is 1.65. The topological polar surface area (TPSA) is 87.0 Å². The quantitative estimate of drug-likeness (QED) is 0.369. The zero-order valence-corrected chi connectivity index (χ0v) is 18.9. The lowest BCUT2D eigenvalue weighted by Gasteiger charge is -2.17. The summed E-state index contributed by atoms with van der Waals surface area (Å²) < 4.78 is 13.0. The number of aromatic nitrogens is 1. The number of thiophene rings is 1. The second kappa shape index (κ2) is 8.16. The Balaban J connectivity index is 1.73. The van der Waals surface area contributed by atoms with E-state index >= 15 is 0 Å². The molecule has 5 rings (SSSR count). The van der Waals surface area contributed by atoms with Crippen molar-refractivity contribution in [2.24, 2.45) is 5.18 Å². The second-order valence-electron chi connectivity index (χ2n) is 8.28. The lowest BCUT2D eigenvalue weighted by molar-refractivity contribution is 0.0524. The van der Waals surface area contributed by atoms with E-state index in [0.717, 1.165) is 48.1 Å². The van der Waals surface area contributed by atoms with Crippen LogP contribution >= 0.6 is 11.3 Å². The minimum atomic E-state index is -0.602. The van der Waals surface area contributed by atoms with Crippen molar-refractivity contribution >= 4 is 28.2 Å². The smallest absolute Gasteiger partial charge is 0.343 e. The number of hydrogen-bond acceptors (Lipinski definition) is 7. The van der Waals surface area contributed by atoms with Gasteiger partial charge in [-0.05, 0) is 62.8 Å². The van der Waals surface area contributed by atoms with Crippen LogP contribution in [0.2, 0.25) is 0 Å². The number of esters is 1. The molecule has 1 fully saturated rings. The number of methoxy groups -OCH3 is 1. The van der Waals surface area contributed by atoms with Gasteiger partial charge in [0.1, 0.15) is 11.6 Å². The molecule has 2 heterocycles. The highest BCUT2D eigenvalue weighted by molar-refractivity contribution is 7.15. The number of hydrogen-bond donors (Lipinski definition) is 0. The maximum atomic E-state index is 13.2. The summed E-state index contributed by atoms with van der Waals surface area (Å²) in [5, 5.41) is 3.76. The number of rotatable bonds is 6. The van der Waals surface area contributed by atoms with Gasteiger partial charge in [0.2, 0.25) is 5.43 Å². The van der Waals surface area contributed by atoms with Gasteiger partial charge in [-0.3, -0.25) is 4.79 Å². The summed E-state index contributed by atoms with van der Waals surface area (Å²) in [6.07, 6.45) is 6.26. The Morgan fingerprint density at radius 2 is 2.09 bits per heavy atom. The van der Waals surface area contributed by atoms with E-state index in [2.05, 4.69) is 5.18 Å². The van der Waals surface area contributed by atoms with Gasteiger partial charge in [0.25, 0.3) is 0 Å². The van der Waals surface area contributed by atoms with Crippen LogP contribution in [0, 0.1) is 4.91 Å². The SMILES string of the molecule is CCOC(=O)c1cn(C2CC2)c2c(OC)c(-c3cc4c(s3)CCCC4N=O)ccc2c1=O. The predicted molar refractivity (Wildman–Crippen MR) is 124 cm³/mol. The zero-order chi connectivity index (χ0) is 22.4. The van der Waals surface area contributed by atoms with Crippen LogP contribution in [0.5, 0.6) is 5.75 Å². The highest BCUT2D eigenvalue weighted by Gasteiger charge is 2.30. The predicted octanol–water partition coefficient (Wildman–Crippen LogP) is 5.39. The number of fused-ring (bicyclic) bond motifs is 2. The molecule has 1 atom stereocenters. The molecule has 7 nitrogen and oxygen atoms in total. The van der Waals surface area contributed by atoms with Crippen molar-refractivity contribution in [1.82, 2.24) is 4.57 Å². The highest BCUT2D eigenvalue weighted by Crippen LogP contribution is 2.47. The summed E-state index contributed by atoms with van der Waals surface area (Å²) in [6.45, 7) is 1.93. The van der Waals surface area contributed by atoms with E-state index in [4.69, 9.17) is 9.47 Å². The Kier molecular flexibility index (Phi) is 5.33. The van der Waals surface area contributed by atoms with Crippen molar-refractivity contribution in [2.75, 3.05) is 13.7 Å². The first-order chi connectivity index (χ1) is 15.6. The third-order valence-electron chi connectivity index (χ3n) is 6.26. The van der Waals surface area contributed by atoms with E-state index in [9.17, 15) is 14.5 Å². The molecular formula is C24H24N2O5S. The van der Waals surface area contributed by atoms with Gasteiger partial charge in [-0.15, -0.1) is 11.3 Å². The van der Waals surface area contributed by atoms with Crippen LogP contribution in [-0.4, -0.2) is 24.3 Å². The summed E-state index contributed by atoms with van der Waals surface area (Å²) in [4.78, 5) is 39.1. The molecule has 0 spiro atoms. The van der Waals surface area contributed by atoms with Crippen molar-refractivity contribution in [3.63, 3.8) is 0 Å². The van der Waals surface area contributed by atoms with Crippen LogP contribution in [0.3, 0.4) is 0 Å². The van der Waals surface area contributed by atoms with Gasteiger partial charge in [-0.2, -0.15) is 4.91 Å². The highest BCUT2D eigenvalue weighted by atomic mass is 32.1. The summed E-state index contributed by atoms with van der Waals surface area (Å²) in [5.74, 6) is 0.00583. The average Bonchev–Trinajstić information content (AvgIpc) is 3.55. The summed E-state index contributed by atoms with van der Waals surface area (Å²) in [5.41, 5.74) is 2.28. The Morgan fingerprint density at radius 3 is 2.78 bits per heavy atom. The fourth-order valence-corrected chi connectivity index (χ4v) is 5.87. The van der Waals surface area contributed by atoms with E-state index in [1.165, 1.54) is 4.88 Å². The van der Waals surface area contributed by atoms with Gasteiger partial charge < -0.3 is 14.0 Å². The maximum Gasteiger partial charge on any atom is 0.343 e. The normalized spacial score (nSPS) is 17.8. The Morgan fingerprint density at radius 1 is 1.28 bits per heavy atom. The second-order valence-corrected chi connectivity index (χ2v) is 9.41. The third-order valence-corrected chi connectivity index (χ3v) is 7.51. The Hall–Kier alpha value is -3.00. The number of ether oxygens (including phenoxy) is 2. The van der Waals surface area contributed by atoms with E-state index in [-0.39, 0.29) is 29.7 Å². The van der Waals surface area contributed by atoms with Crippen molar-refractivity contribution in [1.29, 1.82) is 0 Å². The minimum absolute atomic E-state index is 0.0486. The molecule has 1 saturated carbocycles. The summed E-state index contributed by atoms with van der Waals surface area (Å²) in [7, 11) is 1.60. The number of aryl methyl sites for hydroxylation is 1. The van der Waals surface area contributed by atoms with Crippen molar-refractivity contribution in [3.05, 3.63) is 55.5 Å². The van der Waals surface area contributed by atoms with Gasteiger partial charge >= 0.3 is 5.97 Å². The van der Waals surface area contributed by atoms with E-state index in [0.29, 0.717) is 16.7 Å². The van der Waals surface area contributed by atoms with Crippen molar-refractivity contribution in [2.45, 2.75) is 51.1 Å². The molecule has 0 aliphatic heterocycles. The average molecular weight is 453 g/mol. The van der Waals surface area contributed by atoms with Crippen LogP contribution in [0.4, 0.5) is 0 Å². The van der Waals surface area contributed by atoms with Gasteiger partial charge in [0, 0.05) is 27.6 Å². The molecule has 0 bridgehead atoms. The van der Waals surface area contributed by atoms with Gasteiger partial charge in [-0.1, -0.05) is 5.18 Å². The third kappa shape index (κ3) is 3.33. The first kappa shape index (κ1) is 20.9. The molecule has 8 heteroatoms. The molecular weight excluding hydrogens is 428 g/mol. The molecule has 0 radical (unpaired) electrons. The van der Waals surface area contributed by atoms with Crippen molar-refractivity contribution in [3.8, 4) is 16.2 Å². The molecule has 0 amide bonds. The molecule has 1 aromatic carbocycles. The minimum Gasteiger partial charge on any atom is -0.494 e. The number of carbonyl (C=O) groups is 1. The standard InChI is InChI=1S/C24H24N2O5S/c1-3-31-24(28)17-12-26(13-7-8-13)21-15(22(17)27)10-9-14(23(21)30-2)20-11-16-18(25-29)5-4-6-19(16)32-20/h9-13,18H,3-8H2,1-2H3. The molecule has 2 aliphatic rings. The van der Waals surface area contributed by atoms with Crippen LogP contribution in [0.15, 0.2) is 34.4 Å². The largest absolute Gasteiger partial charge is 0.494 e. The number of nitrogens with zero attached hydrogens (tertiary/aromatic N) is 2. The first-order valence-corrected chi connectivity index (χ1v) is 11.8. The fourth-order valence-electron chi connectivity index (χ4n) is 4.59. The van der Waals surface area contributed by atoms with Crippen LogP contribution in [-0.2, 0) is 11.2 Å². The lowest BCUT2D eigenvalue weighted by atomic mass is 9.94. The molecule has 32 heavy (non-hydrogen) atoms. The Labute approximate surface area is 188 Å². The number of carbonyl (C=O) groups excluding carboxylic acids is 1. The molecule has 0 N–H and O–H groups in total. The molecule has 1 unspecified atom stereocenters. The van der Waals surface area contributed by atoms with Gasteiger partial charge in [0.15, 0.2) is 5.75 Å². The fraction of sp³-hybridized carbons (Fsp3) is 0.417. The van der Waals surface area contributed by atoms with Gasteiger partial charge in [0.05, 0.1) is 24.6 Å². The zero-order valence-electron chi connectivity index (χ0n) is 18.1. The number of nitroso groups, excluding NO2 is 1. The number of pyridine rings is 1. The maximum absolute atomic E-state index is 13.2. The first-order valence-electron chi connectivity index (χ1n) is 11.0. The van der Waals surface area contributed by atoms with Crippen molar-refractivity contribution < 1.29 is 14.3 Å². The lowest BCUT2D eigenvalue weighted by Crippen LogP contribution is -2.21. The van der Waals surface area contributed by atoms with E-state index in [1.807, 2.05) is 16.7 Å². The Bertz CT molecular complexity index is 1290. The van der Waals surface area contributed by atoms with Gasteiger partial charge in [-0.25, -0.2) is 4.79 Å². The molecule has 2 aromatic heterocycles. The molecule has 0 saturated heterocycles. The van der Waals surface area contributed by atoms with Crippen LogP contribution < -0.4 is 10.2 Å².